The van der Waals surface area contributed by atoms with Gasteiger partial charge in [0.1, 0.15) is 0 Å². The molecule has 0 radical (unpaired) electrons. The van der Waals surface area contributed by atoms with Crippen molar-refractivity contribution < 1.29 is 0 Å². The van der Waals surface area contributed by atoms with Gasteiger partial charge in [0.15, 0.2) is 0 Å². The van der Waals surface area contributed by atoms with Gasteiger partial charge in [-0.2, -0.15) is 0 Å². The van der Waals surface area contributed by atoms with Crippen LogP contribution in [0.4, 0.5) is 0 Å². The van der Waals surface area contributed by atoms with Crippen LogP contribution in [0.25, 0.3) is 0 Å². The third kappa shape index (κ3) is 1.78. The van der Waals surface area contributed by atoms with Crippen molar-refractivity contribution in [1.29, 1.82) is 0 Å². The molecule has 2 rings (SSSR count). The summed E-state index contributed by atoms with van der Waals surface area (Å²) in [5.74, 6) is 1.47. The van der Waals surface area contributed by atoms with Crippen molar-refractivity contribution in [2.75, 3.05) is 0 Å². The lowest BCUT2D eigenvalue weighted by molar-refractivity contribution is 0.170. The van der Waals surface area contributed by atoms with Crippen LogP contribution in [0.5, 0.6) is 0 Å². The van der Waals surface area contributed by atoms with Crippen LogP contribution in [-0.2, 0) is 0 Å². The van der Waals surface area contributed by atoms with Gasteiger partial charge in [0.25, 0.3) is 0 Å². The Morgan fingerprint density at radius 3 is 2.79 bits per heavy atom. The number of hydrogen-bond donors (Lipinski definition) is 0. The Hall–Kier alpha value is -0.200. The summed E-state index contributed by atoms with van der Waals surface area (Å²) in [5, 5.41) is 11.7. The van der Waals surface area contributed by atoms with Gasteiger partial charge >= 0.3 is 0 Å². The molecule has 1 saturated carbocycles. The van der Waals surface area contributed by atoms with E-state index in [4.69, 9.17) is 0 Å². The molecule has 4 nitrogen and oxygen atoms in total. The largest absolute Gasteiger partial charge is 0.217 e. The minimum absolute atomic E-state index is 0.501. The minimum atomic E-state index is 0.501. The van der Waals surface area contributed by atoms with Gasteiger partial charge in [0.2, 0.25) is 3.83 Å². The third-order valence-electron chi connectivity index (χ3n) is 3.43. The van der Waals surface area contributed by atoms with E-state index in [0.717, 1.165) is 9.75 Å². The summed E-state index contributed by atoms with van der Waals surface area (Å²) < 4.78 is 2.90. The summed E-state index contributed by atoms with van der Waals surface area (Å²) >= 11 is 2.20. The second-order valence-electron chi connectivity index (χ2n) is 4.23. The molecular formula is C9H15IN4. The Kier molecular flexibility index (Phi) is 3.04. The molecule has 0 spiro atoms. The van der Waals surface area contributed by atoms with E-state index in [-0.39, 0.29) is 0 Å². The first-order chi connectivity index (χ1) is 6.70. The van der Waals surface area contributed by atoms with E-state index < -0.39 is 0 Å². The number of nitrogens with zero attached hydrogens (tertiary/aromatic N) is 4. The van der Waals surface area contributed by atoms with E-state index in [9.17, 15) is 0 Å². The van der Waals surface area contributed by atoms with Crippen molar-refractivity contribution >= 4 is 22.6 Å². The van der Waals surface area contributed by atoms with Crippen LogP contribution in [0.2, 0.25) is 0 Å². The maximum atomic E-state index is 4.07. The van der Waals surface area contributed by atoms with Gasteiger partial charge in [-0.15, -0.1) is 5.10 Å². The molecule has 0 aromatic carbocycles. The topological polar surface area (TPSA) is 43.6 Å². The lowest BCUT2D eigenvalue weighted by Crippen LogP contribution is -2.28. The summed E-state index contributed by atoms with van der Waals surface area (Å²) in [6.45, 7) is 4.64. The van der Waals surface area contributed by atoms with E-state index in [1.807, 2.05) is 4.68 Å². The Bertz CT molecular complexity index is 312. The second-order valence-corrected chi connectivity index (χ2v) is 5.19. The van der Waals surface area contributed by atoms with Crippen molar-refractivity contribution in [1.82, 2.24) is 20.2 Å². The smallest absolute Gasteiger partial charge is 0.212 e. The van der Waals surface area contributed by atoms with Crippen LogP contribution < -0.4 is 0 Å². The zero-order chi connectivity index (χ0) is 10.1. The van der Waals surface area contributed by atoms with Crippen LogP contribution in [0, 0.1) is 15.7 Å². The molecule has 0 aliphatic heterocycles. The Morgan fingerprint density at radius 2 is 2.14 bits per heavy atom. The van der Waals surface area contributed by atoms with Gasteiger partial charge in [-0.1, -0.05) is 26.7 Å². The predicted molar refractivity (Wildman–Crippen MR) is 61.8 cm³/mol. The number of tetrazole rings is 1. The van der Waals surface area contributed by atoms with Crippen LogP contribution >= 0.6 is 22.6 Å². The molecule has 14 heavy (non-hydrogen) atoms. The van der Waals surface area contributed by atoms with Crippen LogP contribution in [0.3, 0.4) is 0 Å². The lowest BCUT2D eigenvalue weighted by Gasteiger charge is -2.33. The molecule has 1 aromatic rings. The first-order valence-electron chi connectivity index (χ1n) is 5.13. The summed E-state index contributed by atoms with van der Waals surface area (Å²) in [7, 11) is 0. The summed E-state index contributed by atoms with van der Waals surface area (Å²) in [4.78, 5) is 0. The fourth-order valence-electron chi connectivity index (χ4n) is 2.28. The average molecular weight is 306 g/mol. The summed E-state index contributed by atoms with van der Waals surface area (Å²) in [6, 6.07) is 0.501. The maximum Gasteiger partial charge on any atom is 0.212 e. The molecule has 1 fully saturated rings. The lowest BCUT2D eigenvalue weighted by atomic mass is 9.78. The maximum absolute atomic E-state index is 4.07. The zero-order valence-electron chi connectivity index (χ0n) is 8.52. The Morgan fingerprint density at radius 1 is 1.36 bits per heavy atom. The van der Waals surface area contributed by atoms with Gasteiger partial charge in [0.05, 0.1) is 6.04 Å². The van der Waals surface area contributed by atoms with Crippen LogP contribution in [-0.4, -0.2) is 20.2 Å². The number of hydrogen-bond acceptors (Lipinski definition) is 3. The molecular weight excluding hydrogens is 291 g/mol. The Balaban J connectivity index is 2.21. The molecule has 0 amide bonds. The normalized spacial score (nSPS) is 33.2. The number of aromatic nitrogens is 4. The second kappa shape index (κ2) is 4.12. The zero-order valence-corrected chi connectivity index (χ0v) is 10.7. The van der Waals surface area contributed by atoms with Gasteiger partial charge < -0.3 is 0 Å². The first-order valence-corrected chi connectivity index (χ1v) is 6.21. The van der Waals surface area contributed by atoms with Crippen LogP contribution in [0.15, 0.2) is 0 Å². The molecule has 1 aromatic heterocycles. The highest BCUT2D eigenvalue weighted by atomic mass is 127. The highest BCUT2D eigenvalue weighted by Crippen LogP contribution is 2.37. The van der Waals surface area contributed by atoms with E-state index in [1.54, 1.807) is 0 Å². The summed E-state index contributed by atoms with van der Waals surface area (Å²) in [6.07, 6.45) is 3.86. The van der Waals surface area contributed by atoms with E-state index in [0.29, 0.717) is 12.0 Å². The van der Waals surface area contributed by atoms with Gasteiger partial charge in [0, 0.05) is 22.6 Å². The molecule has 3 unspecified atom stereocenters. The molecule has 3 atom stereocenters. The van der Waals surface area contributed by atoms with E-state index >= 15 is 0 Å². The number of rotatable bonds is 1. The van der Waals surface area contributed by atoms with Gasteiger partial charge in [-0.05, 0) is 28.7 Å². The van der Waals surface area contributed by atoms with Crippen LogP contribution in [0.1, 0.15) is 39.2 Å². The minimum Gasteiger partial charge on any atom is -0.217 e. The summed E-state index contributed by atoms with van der Waals surface area (Å²) in [5.41, 5.74) is 0. The highest BCUT2D eigenvalue weighted by molar-refractivity contribution is 14.1. The monoisotopic (exact) mass is 306 g/mol. The first kappa shape index (κ1) is 10.3. The fourth-order valence-corrected chi connectivity index (χ4v) is 2.84. The van der Waals surface area contributed by atoms with Gasteiger partial charge in [-0.25, -0.2) is 4.68 Å². The van der Waals surface area contributed by atoms with Crippen molar-refractivity contribution in [3.63, 3.8) is 0 Å². The van der Waals surface area contributed by atoms with Crippen molar-refractivity contribution in [3.05, 3.63) is 3.83 Å². The van der Waals surface area contributed by atoms with Gasteiger partial charge in [-0.3, -0.25) is 0 Å². The fraction of sp³-hybridized carbons (Fsp3) is 0.889. The Labute approximate surface area is 97.6 Å². The molecule has 5 heteroatoms. The van der Waals surface area contributed by atoms with Crippen molar-refractivity contribution in [2.24, 2.45) is 11.8 Å². The molecule has 78 valence electrons. The molecule has 0 N–H and O–H groups in total. The highest BCUT2D eigenvalue weighted by Gasteiger charge is 2.30. The van der Waals surface area contributed by atoms with Crippen molar-refractivity contribution in [3.8, 4) is 0 Å². The average Bonchev–Trinajstić information content (AvgIpc) is 2.57. The predicted octanol–water partition coefficient (Wildman–Crippen LogP) is 2.27. The molecule has 0 bridgehead atoms. The quantitative estimate of drug-likeness (QED) is 0.748. The molecule has 1 heterocycles. The van der Waals surface area contributed by atoms with E-state index in [2.05, 4.69) is 52.0 Å². The SMILES string of the molecule is CC1CCCC(n2nnnc2I)C1C. The third-order valence-corrected chi connectivity index (χ3v) is 4.14. The standard InChI is InChI=1S/C9H15IN4/c1-6-4-3-5-8(7(6)2)14-9(10)11-12-13-14/h6-8H,3-5H2,1-2H3. The molecule has 1 aliphatic carbocycles. The van der Waals surface area contributed by atoms with Crippen molar-refractivity contribution in [2.45, 2.75) is 39.2 Å². The van der Waals surface area contributed by atoms with E-state index in [1.165, 1.54) is 19.3 Å². The number of halogens is 1. The molecule has 0 saturated heterocycles. The molecule has 1 aliphatic rings.